The zero-order valence-corrected chi connectivity index (χ0v) is 16.8. The Balaban J connectivity index is 2.31. The van der Waals surface area contributed by atoms with E-state index >= 15 is 0 Å². The molecular weight excluding hydrogens is 480 g/mol. The molecule has 7 N–H and O–H groups in total. The van der Waals surface area contributed by atoms with Crippen molar-refractivity contribution in [1.82, 2.24) is 0 Å². The number of carboxylic acids is 1. The van der Waals surface area contributed by atoms with Crippen molar-refractivity contribution in [2.75, 3.05) is 13.2 Å². The summed E-state index contributed by atoms with van der Waals surface area (Å²) in [5.41, 5.74) is 0. The van der Waals surface area contributed by atoms with Gasteiger partial charge in [0, 0.05) is 0 Å². The van der Waals surface area contributed by atoms with Gasteiger partial charge in [-0.05, 0) is 0 Å². The predicted octanol–water partition coefficient (Wildman–Crippen LogP) is -4.97. The summed E-state index contributed by atoms with van der Waals surface area (Å²) in [4.78, 5) is 11.2. The summed E-state index contributed by atoms with van der Waals surface area (Å²) in [6.45, 7) is -1.81. The Labute approximate surface area is 174 Å². The molecule has 0 bridgehead atoms. The number of carbonyl (C=O) groups is 1. The van der Waals surface area contributed by atoms with Gasteiger partial charge in [-0.2, -0.15) is 16.8 Å². The third kappa shape index (κ3) is 6.71. The van der Waals surface area contributed by atoms with Gasteiger partial charge < -0.3 is 39.7 Å². The molecule has 182 valence electrons. The minimum Gasteiger partial charge on any atom is -0.479 e. The number of hydrogen-bond acceptors (Lipinski definition) is 14. The van der Waals surface area contributed by atoms with Crippen molar-refractivity contribution in [1.29, 1.82) is 0 Å². The Morgan fingerprint density at radius 1 is 0.871 bits per heavy atom. The Hall–Kier alpha value is -1.07. The molecule has 2 aliphatic rings. The van der Waals surface area contributed by atoms with Gasteiger partial charge in [0.2, 0.25) is 0 Å². The predicted molar refractivity (Wildman–Crippen MR) is 88.9 cm³/mol. The molecule has 2 rings (SSSR count). The first-order chi connectivity index (χ1) is 14.1. The minimum absolute atomic E-state index is 0.820. The molecule has 0 amide bonds. The lowest BCUT2D eigenvalue weighted by Crippen LogP contribution is -2.62. The molecule has 0 saturated carbocycles. The van der Waals surface area contributed by atoms with Crippen LogP contribution in [0.1, 0.15) is 0 Å². The number of aliphatic hydroxyl groups excluding tert-OH is 4. The van der Waals surface area contributed by atoms with E-state index in [1.165, 1.54) is 0 Å². The van der Waals surface area contributed by atoms with Crippen molar-refractivity contribution in [2.45, 2.75) is 55.1 Å². The molecule has 0 aromatic heterocycles. The summed E-state index contributed by atoms with van der Waals surface area (Å²) >= 11 is 0. The molecule has 2 aliphatic heterocycles. The van der Waals surface area contributed by atoms with Crippen molar-refractivity contribution in [2.24, 2.45) is 0 Å². The number of hydrogen-bond donors (Lipinski definition) is 7. The smallest absolute Gasteiger partial charge is 0.397 e. The van der Waals surface area contributed by atoms with Gasteiger partial charge in [0.05, 0.1) is 13.2 Å². The molecule has 0 aromatic rings. The second-order valence-electron chi connectivity index (χ2n) is 6.43. The van der Waals surface area contributed by atoms with Crippen LogP contribution in [0.25, 0.3) is 0 Å². The van der Waals surface area contributed by atoms with Crippen LogP contribution in [0.4, 0.5) is 0 Å². The number of rotatable bonds is 9. The van der Waals surface area contributed by atoms with Gasteiger partial charge in [-0.3, -0.25) is 9.11 Å². The maximum absolute atomic E-state index is 11.2. The molecule has 17 nitrogen and oxygen atoms in total. The van der Waals surface area contributed by atoms with Crippen LogP contribution >= 0.6 is 0 Å². The average Bonchev–Trinajstić information content (AvgIpc) is 2.92. The molecule has 0 spiro atoms. The molecule has 9 atom stereocenters. The fourth-order valence-corrected chi connectivity index (χ4v) is 3.76. The highest BCUT2D eigenvalue weighted by Crippen LogP contribution is 2.31. The summed E-state index contributed by atoms with van der Waals surface area (Å²) < 4.78 is 84.8. The highest BCUT2D eigenvalue weighted by atomic mass is 32.3. The van der Waals surface area contributed by atoms with Crippen LogP contribution in [0.3, 0.4) is 0 Å². The van der Waals surface area contributed by atoms with Gasteiger partial charge in [0.15, 0.2) is 18.5 Å². The second kappa shape index (κ2) is 9.82. The van der Waals surface area contributed by atoms with E-state index < -0.39 is 95.1 Å². The van der Waals surface area contributed by atoms with E-state index in [0.29, 0.717) is 0 Å². The van der Waals surface area contributed by atoms with Crippen molar-refractivity contribution in [3.63, 3.8) is 0 Å². The monoisotopic (exact) mass is 500 g/mol. The Bertz CT molecular complexity index is 841. The summed E-state index contributed by atoms with van der Waals surface area (Å²) in [7, 11) is -10.3. The molecule has 0 radical (unpaired) electrons. The van der Waals surface area contributed by atoms with Crippen LogP contribution < -0.4 is 0 Å². The molecular formula is C12H20O17S2. The molecule has 2 fully saturated rings. The highest BCUT2D eigenvalue weighted by molar-refractivity contribution is 7.81. The normalized spacial score (nSPS) is 39.5. The summed E-state index contributed by atoms with van der Waals surface area (Å²) in [5, 5.41) is 48.4. The molecule has 2 saturated heterocycles. The Morgan fingerprint density at radius 2 is 1.48 bits per heavy atom. The van der Waals surface area contributed by atoms with E-state index in [9.17, 15) is 42.1 Å². The number of aliphatic carboxylic acids is 1. The molecule has 2 heterocycles. The SMILES string of the molecule is O=C(O)[C@H]1O[C@@H](O[C@@H]2[C@H](O)[C@H](CO)O[C@@H]2COS(=O)(=O)O)[C@@H](OS(=O)(=O)O)[C@H](O)[C@@H]1O. The number of carboxylic acid groups (broad SMARTS) is 1. The zero-order chi connectivity index (χ0) is 23.7. The van der Waals surface area contributed by atoms with Crippen molar-refractivity contribution in [3.8, 4) is 0 Å². The van der Waals surface area contributed by atoms with Gasteiger partial charge >= 0.3 is 26.8 Å². The van der Waals surface area contributed by atoms with Gasteiger partial charge in [-0.15, -0.1) is 0 Å². The summed E-state index contributed by atoms with van der Waals surface area (Å²) in [5.74, 6) is -1.81. The fraction of sp³-hybridized carbons (Fsp3) is 0.917. The third-order valence-electron chi connectivity index (χ3n) is 4.31. The van der Waals surface area contributed by atoms with Crippen LogP contribution in [0.5, 0.6) is 0 Å². The first-order valence-electron chi connectivity index (χ1n) is 8.26. The molecule has 0 aromatic carbocycles. The zero-order valence-electron chi connectivity index (χ0n) is 15.1. The molecule has 0 aliphatic carbocycles. The summed E-state index contributed by atoms with van der Waals surface area (Å²) in [6, 6.07) is 0. The van der Waals surface area contributed by atoms with Gasteiger partial charge in [-0.25, -0.2) is 13.2 Å². The lowest BCUT2D eigenvalue weighted by Gasteiger charge is -2.41. The van der Waals surface area contributed by atoms with Gasteiger partial charge in [0.1, 0.15) is 36.6 Å². The molecule has 19 heteroatoms. The number of ether oxygens (including phenoxy) is 3. The first kappa shape index (κ1) is 26.2. The Kier molecular flexibility index (Phi) is 8.30. The fourth-order valence-electron chi connectivity index (χ4n) is 2.97. The van der Waals surface area contributed by atoms with Crippen LogP contribution in [0, 0.1) is 0 Å². The van der Waals surface area contributed by atoms with Crippen LogP contribution in [-0.2, 0) is 48.2 Å². The lowest BCUT2D eigenvalue weighted by molar-refractivity contribution is -0.306. The molecule has 0 unspecified atom stereocenters. The van der Waals surface area contributed by atoms with Crippen LogP contribution in [-0.4, -0.2) is 126 Å². The molecule has 31 heavy (non-hydrogen) atoms. The van der Waals surface area contributed by atoms with E-state index in [1.54, 1.807) is 0 Å². The number of aliphatic hydroxyl groups is 4. The van der Waals surface area contributed by atoms with E-state index in [-0.39, 0.29) is 0 Å². The van der Waals surface area contributed by atoms with Crippen molar-refractivity contribution < 1.29 is 78.8 Å². The topological polar surface area (TPSA) is 273 Å². The van der Waals surface area contributed by atoms with Gasteiger partial charge in [0.25, 0.3) is 0 Å². The first-order valence-corrected chi connectivity index (χ1v) is 11.0. The standard InChI is InChI=1S/C12H20O17S2/c13-1-3-5(14)8(4(26-3)2-25-30(19,20)21)27-12-10(29-31(22,23)24)7(16)6(15)9(28-12)11(17)18/h3-10,12-16H,1-2H2,(H,17,18)(H,19,20,21)(H,22,23,24)/t3-,4+,5+,6-,7+,8-,9-,10-,12+/m0/s1. The van der Waals surface area contributed by atoms with Crippen LogP contribution in [0.15, 0.2) is 0 Å². The van der Waals surface area contributed by atoms with E-state index in [2.05, 4.69) is 8.37 Å². The van der Waals surface area contributed by atoms with E-state index in [4.69, 9.17) is 28.4 Å². The largest absolute Gasteiger partial charge is 0.479 e. The van der Waals surface area contributed by atoms with E-state index in [0.717, 1.165) is 0 Å². The van der Waals surface area contributed by atoms with E-state index in [1.807, 2.05) is 0 Å². The lowest BCUT2D eigenvalue weighted by atomic mass is 9.98. The maximum atomic E-state index is 11.2. The van der Waals surface area contributed by atoms with Gasteiger partial charge in [-0.1, -0.05) is 0 Å². The quantitative estimate of drug-likeness (QED) is 0.146. The third-order valence-corrected chi connectivity index (χ3v) is 5.21. The van der Waals surface area contributed by atoms with Crippen molar-refractivity contribution in [3.05, 3.63) is 0 Å². The minimum atomic E-state index is -5.31. The van der Waals surface area contributed by atoms with Crippen molar-refractivity contribution >= 4 is 26.8 Å². The van der Waals surface area contributed by atoms with Crippen LogP contribution in [0.2, 0.25) is 0 Å². The second-order valence-corrected chi connectivity index (χ2v) is 8.57. The average molecular weight is 500 g/mol. The Morgan fingerprint density at radius 3 is 1.97 bits per heavy atom. The summed E-state index contributed by atoms with van der Waals surface area (Å²) in [6.07, 6.45) is -17.6. The maximum Gasteiger partial charge on any atom is 0.397 e. The highest BCUT2D eigenvalue weighted by Gasteiger charge is 2.54.